The van der Waals surface area contributed by atoms with E-state index >= 15 is 0 Å². The van der Waals surface area contributed by atoms with Crippen LogP contribution in [0.3, 0.4) is 0 Å². The molecule has 2 N–H and O–H groups in total. The van der Waals surface area contributed by atoms with E-state index in [2.05, 4.69) is 41.5 Å². The van der Waals surface area contributed by atoms with Crippen molar-refractivity contribution in [2.45, 2.75) is 90.1 Å². The monoisotopic (exact) mass is 694 g/mol. The van der Waals surface area contributed by atoms with Gasteiger partial charge in [0, 0.05) is 51.8 Å². The Morgan fingerprint density at radius 1 is 0.682 bits per heavy atom. The van der Waals surface area contributed by atoms with Crippen LogP contribution in [0.1, 0.15) is 89.5 Å². The topological polar surface area (TPSA) is 83.6 Å². The smallest absolute Gasteiger partial charge is 0 e. The minimum atomic E-state index is -10.7. The van der Waals surface area contributed by atoms with E-state index in [1.165, 1.54) is 0 Å². The Balaban J connectivity index is 0.00000108. The van der Waals surface area contributed by atoms with E-state index in [0.29, 0.717) is 22.6 Å². The van der Waals surface area contributed by atoms with E-state index in [4.69, 9.17) is 19.5 Å². The summed E-state index contributed by atoms with van der Waals surface area (Å²) in [5, 5.41) is 21.9. The molecule has 0 amide bonds. The van der Waals surface area contributed by atoms with Crippen molar-refractivity contribution in [1.82, 2.24) is 0 Å². The summed E-state index contributed by atoms with van der Waals surface area (Å²) in [5.74, 6) is 1.86. The molecule has 0 aliphatic heterocycles. The van der Waals surface area contributed by atoms with Gasteiger partial charge in [-0.3, -0.25) is 9.98 Å². The first-order valence-electron chi connectivity index (χ1n) is 13.8. The minimum Gasteiger partial charge on any atom is 0 e. The number of phenolic OH excluding ortho intramolecular Hbond substituents is 2. The number of rotatable bonds is 6. The zero-order valence-electron chi connectivity index (χ0n) is 26.1. The molecular formula is C30H42F6MnN2O4P-. The number of methoxy groups -OCH3 is 2. The average molecular weight is 695 g/mol. The van der Waals surface area contributed by atoms with Gasteiger partial charge in [0.15, 0.2) is 0 Å². The third kappa shape index (κ3) is 13.2. The molecule has 0 aromatic heterocycles. The summed E-state index contributed by atoms with van der Waals surface area (Å²) in [5.41, 5.74) is 2.47. The number of benzene rings is 2. The molecule has 1 aliphatic carbocycles. The number of aromatic hydroxyl groups is 2. The summed E-state index contributed by atoms with van der Waals surface area (Å²) in [7, 11) is -7.40. The fourth-order valence-corrected chi connectivity index (χ4v) is 4.63. The number of ether oxygens (including phenoxy) is 2. The van der Waals surface area contributed by atoms with Crippen molar-refractivity contribution in [1.29, 1.82) is 0 Å². The third-order valence-electron chi connectivity index (χ3n) is 6.82. The van der Waals surface area contributed by atoms with Crippen molar-refractivity contribution in [3.05, 3.63) is 46.5 Å². The molecule has 1 radical (unpaired) electrons. The van der Waals surface area contributed by atoms with Gasteiger partial charge in [0.05, 0.1) is 26.3 Å². The molecule has 0 saturated heterocycles. The molecular weight excluding hydrogens is 652 g/mol. The molecule has 14 heteroatoms. The summed E-state index contributed by atoms with van der Waals surface area (Å²) < 4.78 is 70.2. The molecule has 2 atom stereocenters. The Labute approximate surface area is 265 Å². The largest absolute Gasteiger partial charge is 0 e. The van der Waals surface area contributed by atoms with E-state index in [1.54, 1.807) is 26.6 Å². The van der Waals surface area contributed by atoms with Crippen LogP contribution < -0.4 is 9.47 Å². The molecule has 1 fully saturated rings. The van der Waals surface area contributed by atoms with Crippen molar-refractivity contribution < 1.29 is 61.9 Å². The summed E-state index contributed by atoms with van der Waals surface area (Å²) in [6, 6.07) is 7.39. The van der Waals surface area contributed by atoms with Crippen molar-refractivity contribution in [2.24, 2.45) is 9.98 Å². The number of phenols is 2. The first-order chi connectivity index (χ1) is 19.3. The summed E-state index contributed by atoms with van der Waals surface area (Å²) >= 11 is 0. The van der Waals surface area contributed by atoms with E-state index in [0.717, 1.165) is 36.8 Å². The number of hydrogen-bond acceptors (Lipinski definition) is 6. The van der Waals surface area contributed by atoms with Gasteiger partial charge in [0.2, 0.25) is 0 Å². The van der Waals surface area contributed by atoms with Gasteiger partial charge in [0.1, 0.15) is 23.0 Å². The molecule has 44 heavy (non-hydrogen) atoms. The summed E-state index contributed by atoms with van der Waals surface area (Å²) in [4.78, 5) is 9.76. The predicted octanol–water partition coefficient (Wildman–Crippen LogP) is 9.94. The number of halogens is 6. The Kier molecular flexibility index (Phi) is 12.1. The van der Waals surface area contributed by atoms with E-state index in [1.807, 2.05) is 24.3 Å². The average Bonchev–Trinajstić information content (AvgIpc) is 2.84. The standard InChI is InChI=1S/C30H42N2O4.F6P.Mn/c1-29(2,3)23-15-21(35-7)13-19(27(23)33)17-31-25-11-9-10-12-26(25)32-18-20-14-22(36-8)16-24(28(20)34)30(4,5)6;1-7(2,3,4,5)6;/h13-18,25-26,33-34H,9-12H2,1-8H3;;/q;-1;/t25-,26-;;/m1../s1. The first-order valence-corrected chi connectivity index (χ1v) is 15.8. The van der Waals surface area contributed by atoms with Gasteiger partial charge >= 0.3 is 33.0 Å². The van der Waals surface area contributed by atoms with Gasteiger partial charge < -0.3 is 19.7 Å². The molecule has 3 rings (SSSR count). The Morgan fingerprint density at radius 3 is 1.23 bits per heavy atom. The second-order valence-electron chi connectivity index (χ2n) is 12.7. The molecule has 0 unspecified atom stereocenters. The van der Waals surface area contributed by atoms with Gasteiger partial charge in [-0.15, -0.1) is 0 Å². The van der Waals surface area contributed by atoms with Gasteiger partial charge in [-0.2, -0.15) is 0 Å². The first kappa shape index (κ1) is 39.5. The zero-order chi connectivity index (χ0) is 33.1. The van der Waals surface area contributed by atoms with Crippen LogP contribution in [0, 0.1) is 0 Å². The number of hydrogen-bond donors (Lipinski definition) is 2. The molecule has 1 saturated carbocycles. The third-order valence-corrected chi connectivity index (χ3v) is 6.82. The maximum Gasteiger partial charge on any atom is 0 e. The van der Waals surface area contributed by atoms with Gasteiger partial charge in [-0.05, 0) is 47.9 Å². The summed E-state index contributed by atoms with van der Waals surface area (Å²) in [6.07, 6.45) is 7.53. The fourth-order valence-electron chi connectivity index (χ4n) is 4.63. The molecule has 0 spiro atoms. The Morgan fingerprint density at radius 2 is 0.977 bits per heavy atom. The van der Waals surface area contributed by atoms with Crippen LogP contribution in [0.4, 0.5) is 25.2 Å². The van der Waals surface area contributed by atoms with Crippen LogP contribution in [-0.4, -0.2) is 48.9 Å². The molecule has 2 aromatic carbocycles. The molecule has 2 aromatic rings. The van der Waals surface area contributed by atoms with Crippen molar-refractivity contribution >= 4 is 20.2 Å². The number of aliphatic imine (C=N–C) groups is 2. The molecule has 0 bridgehead atoms. The van der Waals surface area contributed by atoms with Crippen LogP contribution in [0.25, 0.3) is 0 Å². The molecule has 1 aliphatic rings. The number of nitrogens with zero attached hydrogens (tertiary/aromatic N) is 2. The Hall–Kier alpha value is -2.49. The quantitative estimate of drug-likeness (QED) is 0.137. The molecule has 0 heterocycles. The van der Waals surface area contributed by atoms with E-state index in [9.17, 15) is 35.4 Å². The SMILES string of the molecule is COc1cc(C=N[C@@H]2CCCC[C@H]2N=Cc2cc(OC)cc(C(C)(C)C)c2O)c(O)c(C(C)(C)C)c1.F[P-](F)(F)(F)(F)F.[Mn]. The van der Waals surface area contributed by atoms with Gasteiger partial charge in [-0.1, -0.05) is 54.4 Å². The van der Waals surface area contributed by atoms with Crippen LogP contribution in [0.5, 0.6) is 23.0 Å². The minimum absolute atomic E-state index is 0. The van der Waals surface area contributed by atoms with Crippen molar-refractivity contribution in [3.8, 4) is 23.0 Å². The van der Waals surface area contributed by atoms with Gasteiger partial charge in [-0.25, -0.2) is 0 Å². The van der Waals surface area contributed by atoms with Crippen molar-refractivity contribution in [2.75, 3.05) is 14.2 Å². The van der Waals surface area contributed by atoms with Crippen molar-refractivity contribution in [3.63, 3.8) is 0 Å². The molecule has 6 nitrogen and oxygen atoms in total. The van der Waals surface area contributed by atoms with E-state index in [-0.39, 0.29) is 51.5 Å². The van der Waals surface area contributed by atoms with Crippen LogP contribution >= 0.6 is 7.81 Å². The molecule has 251 valence electrons. The van der Waals surface area contributed by atoms with Crippen LogP contribution in [0.15, 0.2) is 34.3 Å². The maximum atomic E-state index is 10.9. The second kappa shape index (κ2) is 13.5. The fraction of sp³-hybridized carbons (Fsp3) is 0.533. The van der Waals surface area contributed by atoms with E-state index < -0.39 is 7.81 Å². The Bertz CT molecular complexity index is 1250. The van der Waals surface area contributed by atoms with Crippen LogP contribution in [-0.2, 0) is 27.9 Å². The zero-order valence-corrected chi connectivity index (χ0v) is 28.2. The predicted molar refractivity (Wildman–Crippen MR) is 162 cm³/mol. The second-order valence-corrected chi connectivity index (χ2v) is 14.6. The normalized spacial score (nSPS) is 19.4. The maximum absolute atomic E-state index is 10.9. The summed E-state index contributed by atoms with van der Waals surface area (Å²) in [6.45, 7) is 12.4. The van der Waals surface area contributed by atoms with Gasteiger partial charge in [0.25, 0.3) is 0 Å². The van der Waals surface area contributed by atoms with Crippen LogP contribution in [0.2, 0.25) is 0 Å².